The van der Waals surface area contributed by atoms with Crippen molar-refractivity contribution in [3.8, 4) is 0 Å². The Morgan fingerprint density at radius 3 is 2.58 bits per heavy atom. The maximum absolute atomic E-state index is 10.8. The molecule has 12 heavy (non-hydrogen) atoms. The maximum Gasteiger partial charge on any atom is 0.234 e. The molecule has 0 fully saturated rings. The Kier molecular flexibility index (Phi) is 5.28. The summed E-state index contributed by atoms with van der Waals surface area (Å²) >= 11 is 0. The lowest BCUT2D eigenvalue weighted by Gasteiger charge is -2.17. The molecule has 0 aromatic rings. The highest BCUT2D eigenvalue weighted by Crippen LogP contribution is 2.04. The van der Waals surface area contributed by atoms with Gasteiger partial charge < -0.3 is 15.8 Å². The molecule has 3 N–H and O–H groups in total. The topological polar surface area (TPSA) is 72.2 Å². The summed E-state index contributed by atoms with van der Waals surface area (Å²) < 4.78 is 0. The third-order valence-corrected chi connectivity index (χ3v) is 1.92. The van der Waals surface area contributed by atoms with Crippen molar-refractivity contribution in [2.75, 3.05) is 6.54 Å². The quantitative estimate of drug-likeness (QED) is 0.558. The molecule has 1 amide bonds. The number of hydrogen-bond acceptors (Lipinski definition) is 3. The number of carbonyl (C=O) groups is 2. The zero-order chi connectivity index (χ0) is 9.56. The van der Waals surface area contributed by atoms with Crippen LogP contribution in [0.4, 0.5) is 0 Å². The Labute approximate surface area is 72.5 Å². The van der Waals surface area contributed by atoms with Crippen LogP contribution < -0.4 is 11.1 Å². The molecule has 0 spiro atoms. The first-order valence-corrected chi connectivity index (χ1v) is 4.10. The van der Waals surface area contributed by atoms with Gasteiger partial charge in [0.1, 0.15) is 6.29 Å². The molecule has 0 aliphatic rings. The Morgan fingerprint density at radius 2 is 2.25 bits per heavy atom. The van der Waals surface area contributed by atoms with Gasteiger partial charge in [0.25, 0.3) is 0 Å². The number of nitrogens with one attached hydrogen (secondary N) is 1. The van der Waals surface area contributed by atoms with Crippen LogP contribution in [-0.4, -0.2) is 24.8 Å². The van der Waals surface area contributed by atoms with Gasteiger partial charge >= 0.3 is 0 Å². The van der Waals surface area contributed by atoms with E-state index in [-0.39, 0.29) is 18.4 Å². The van der Waals surface area contributed by atoms with E-state index in [0.717, 1.165) is 12.7 Å². The van der Waals surface area contributed by atoms with E-state index >= 15 is 0 Å². The van der Waals surface area contributed by atoms with Gasteiger partial charge in [-0.2, -0.15) is 0 Å². The van der Waals surface area contributed by atoms with Gasteiger partial charge in [-0.05, 0) is 5.92 Å². The molecular formula is C8H16N2O2. The van der Waals surface area contributed by atoms with Crippen LogP contribution in [0.1, 0.15) is 20.3 Å². The number of amides is 1. The van der Waals surface area contributed by atoms with Crippen molar-refractivity contribution in [2.24, 2.45) is 11.7 Å². The fourth-order valence-corrected chi connectivity index (χ4v) is 0.809. The molecule has 4 heteroatoms. The monoisotopic (exact) mass is 172 g/mol. The van der Waals surface area contributed by atoms with Gasteiger partial charge in [0.05, 0.1) is 12.6 Å². The second-order valence-corrected chi connectivity index (χ2v) is 2.82. The first-order chi connectivity index (χ1) is 5.65. The van der Waals surface area contributed by atoms with Crippen LogP contribution in [0.5, 0.6) is 0 Å². The lowest BCUT2D eigenvalue weighted by molar-refractivity contribution is -0.123. The zero-order valence-corrected chi connectivity index (χ0v) is 7.54. The van der Waals surface area contributed by atoms with Gasteiger partial charge in [0.2, 0.25) is 5.91 Å². The predicted octanol–water partition coefficient (Wildman–Crippen LogP) is -0.325. The molecule has 2 atom stereocenters. The predicted molar refractivity (Wildman–Crippen MR) is 46.5 cm³/mol. The molecule has 0 aromatic carbocycles. The summed E-state index contributed by atoms with van der Waals surface area (Å²) in [4.78, 5) is 21.3. The van der Waals surface area contributed by atoms with Crippen molar-refractivity contribution in [3.63, 3.8) is 0 Å². The average molecular weight is 172 g/mol. The SMILES string of the molecule is CCC(C)C(C=O)NC(=O)CN. The van der Waals surface area contributed by atoms with E-state index in [1.807, 2.05) is 13.8 Å². The normalized spacial score (nSPS) is 14.9. The molecule has 0 saturated carbocycles. The minimum atomic E-state index is -0.397. The van der Waals surface area contributed by atoms with Crippen LogP contribution in [-0.2, 0) is 9.59 Å². The van der Waals surface area contributed by atoms with Gasteiger partial charge in [-0.15, -0.1) is 0 Å². The van der Waals surface area contributed by atoms with Crippen LogP contribution in [0.2, 0.25) is 0 Å². The van der Waals surface area contributed by atoms with E-state index in [9.17, 15) is 9.59 Å². The van der Waals surface area contributed by atoms with Crippen LogP contribution in [0.15, 0.2) is 0 Å². The highest BCUT2D eigenvalue weighted by molar-refractivity contribution is 5.81. The molecule has 0 radical (unpaired) electrons. The van der Waals surface area contributed by atoms with E-state index < -0.39 is 6.04 Å². The summed E-state index contributed by atoms with van der Waals surface area (Å²) in [5, 5.41) is 2.54. The van der Waals surface area contributed by atoms with Crippen molar-refractivity contribution < 1.29 is 9.59 Å². The summed E-state index contributed by atoms with van der Waals surface area (Å²) in [5.41, 5.74) is 5.09. The summed E-state index contributed by atoms with van der Waals surface area (Å²) in [6, 6.07) is -0.397. The summed E-state index contributed by atoms with van der Waals surface area (Å²) in [7, 11) is 0. The first kappa shape index (κ1) is 11.1. The number of aldehydes is 1. The Bertz CT molecular complexity index is 159. The van der Waals surface area contributed by atoms with Gasteiger partial charge in [-0.1, -0.05) is 20.3 Å². The lowest BCUT2D eigenvalue weighted by Crippen LogP contribution is -2.43. The number of carbonyl (C=O) groups excluding carboxylic acids is 2. The van der Waals surface area contributed by atoms with Crippen molar-refractivity contribution in [1.29, 1.82) is 0 Å². The van der Waals surface area contributed by atoms with Gasteiger partial charge in [0, 0.05) is 0 Å². The molecule has 0 bridgehead atoms. The average Bonchev–Trinajstić information content (AvgIpc) is 2.12. The van der Waals surface area contributed by atoms with Crippen LogP contribution in [0, 0.1) is 5.92 Å². The highest BCUT2D eigenvalue weighted by atomic mass is 16.2. The minimum absolute atomic E-state index is 0.0687. The molecular weight excluding hydrogens is 156 g/mol. The van der Waals surface area contributed by atoms with Crippen molar-refractivity contribution in [3.05, 3.63) is 0 Å². The third kappa shape index (κ3) is 3.48. The molecule has 4 nitrogen and oxygen atoms in total. The second kappa shape index (κ2) is 5.71. The Balaban J connectivity index is 3.98. The van der Waals surface area contributed by atoms with E-state index in [0.29, 0.717) is 0 Å². The molecule has 0 heterocycles. The zero-order valence-electron chi connectivity index (χ0n) is 7.54. The van der Waals surface area contributed by atoms with E-state index in [1.165, 1.54) is 0 Å². The van der Waals surface area contributed by atoms with Crippen molar-refractivity contribution in [1.82, 2.24) is 5.32 Å². The fraction of sp³-hybridized carbons (Fsp3) is 0.750. The molecule has 0 saturated heterocycles. The fourth-order valence-electron chi connectivity index (χ4n) is 0.809. The van der Waals surface area contributed by atoms with E-state index in [2.05, 4.69) is 5.32 Å². The van der Waals surface area contributed by atoms with Gasteiger partial charge in [-0.25, -0.2) is 0 Å². The standard InChI is InChI=1S/C8H16N2O2/c1-3-6(2)7(5-11)10-8(12)4-9/h5-7H,3-4,9H2,1-2H3,(H,10,12). The molecule has 0 aliphatic heterocycles. The maximum atomic E-state index is 10.8. The molecule has 2 unspecified atom stereocenters. The Morgan fingerprint density at radius 1 is 1.67 bits per heavy atom. The lowest BCUT2D eigenvalue weighted by atomic mass is 10.0. The van der Waals surface area contributed by atoms with Crippen LogP contribution in [0.25, 0.3) is 0 Å². The van der Waals surface area contributed by atoms with Crippen molar-refractivity contribution in [2.45, 2.75) is 26.3 Å². The molecule has 0 rings (SSSR count). The number of rotatable bonds is 5. The Hall–Kier alpha value is -0.900. The first-order valence-electron chi connectivity index (χ1n) is 4.10. The largest absolute Gasteiger partial charge is 0.345 e. The highest BCUT2D eigenvalue weighted by Gasteiger charge is 2.15. The van der Waals surface area contributed by atoms with Crippen LogP contribution >= 0.6 is 0 Å². The number of nitrogens with two attached hydrogens (primary N) is 1. The van der Waals surface area contributed by atoms with E-state index in [4.69, 9.17) is 5.73 Å². The number of hydrogen-bond donors (Lipinski definition) is 2. The van der Waals surface area contributed by atoms with Gasteiger partial charge in [-0.3, -0.25) is 4.79 Å². The summed E-state index contributed by atoms with van der Waals surface area (Å²) in [6.45, 7) is 3.81. The smallest absolute Gasteiger partial charge is 0.234 e. The minimum Gasteiger partial charge on any atom is -0.345 e. The third-order valence-electron chi connectivity index (χ3n) is 1.92. The van der Waals surface area contributed by atoms with Gasteiger partial charge in [0.15, 0.2) is 0 Å². The van der Waals surface area contributed by atoms with Crippen molar-refractivity contribution >= 4 is 12.2 Å². The summed E-state index contributed by atoms with van der Waals surface area (Å²) in [6.07, 6.45) is 1.61. The molecule has 70 valence electrons. The van der Waals surface area contributed by atoms with E-state index in [1.54, 1.807) is 0 Å². The second-order valence-electron chi connectivity index (χ2n) is 2.82. The molecule has 0 aromatic heterocycles. The molecule has 0 aliphatic carbocycles. The summed E-state index contributed by atoms with van der Waals surface area (Å²) in [5.74, 6) is -0.120. The van der Waals surface area contributed by atoms with Crippen LogP contribution in [0.3, 0.4) is 0 Å².